The molecule has 1 atom stereocenters. The number of hydrogen-bond acceptors (Lipinski definition) is 2. The van der Waals surface area contributed by atoms with Crippen molar-refractivity contribution in [3.8, 4) is 0 Å². The number of aromatic nitrogens is 1. The number of nitrogens with one attached hydrogen (secondary N) is 1. The number of benzene rings is 1. The molecule has 3 nitrogen and oxygen atoms in total. The highest BCUT2D eigenvalue weighted by Gasteiger charge is 2.22. The first-order valence-electron chi connectivity index (χ1n) is 6.22. The number of nitrogens with zero attached hydrogens (tertiary/aromatic N) is 2. The van der Waals surface area contributed by atoms with Crippen molar-refractivity contribution in [2.75, 3.05) is 26.7 Å². The zero-order chi connectivity index (χ0) is 11.8. The molecule has 1 aliphatic rings. The standard InChI is InChI=1S/C14H19N3/c1-16-8-6-12-11(4-3-5-13(12)16)14-10-15-7-9-17(14)2/h3-6,8,14-15H,7,9-10H2,1-2H3. The molecule has 1 aliphatic heterocycles. The lowest BCUT2D eigenvalue weighted by molar-refractivity contribution is 0.203. The Labute approximate surface area is 102 Å². The van der Waals surface area contributed by atoms with Crippen LogP contribution in [0, 0.1) is 0 Å². The number of piperazine rings is 1. The molecule has 0 bridgehead atoms. The Balaban J connectivity index is 2.10. The van der Waals surface area contributed by atoms with Gasteiger partial charge in [0, 0.05) is 49.8 Å². The zero-order valence-electron chi connectivity index (χ0n) is 10.5. The lowest BCUT2D eigenvalue weighted by Crippen LogP contribution is -2.43. The molecular formula is C14H19N3. The zero-order valence-corrected chi connectivity index (χ0v) is 10.5. The number of aryl methyl sites for hydroxylation is 1. The molecule has 0 saturated carbocycles. The van der Waals surface area contributed by atoms with Gasteiger partial charge in [-0.05, 0) is 24.7 Å². The minimum Gasteiger partial charge on any atom is -0.351 e. The summed E-state index contributed by atoms with van der Waals surface area (Å²) in [5.74, 6) is 0. The largest absolute Gasteiger partial charge is 0.351 e. The van der Waals surface area contributed by atoms with Crippen molar-refractivity contribution in [2.24, 2.45) is 7.05 Å². The van der Waals surface area contributed by atoms with E-state index in [9.17, 15) is 0 Å². The summed E-state index contributed by atoms with van der Waals surface area (Å²) < 4.78 is 2.19. The van der Waals surface area contributed by atoms with Crippen molar-refractivity contribution in [3.05, 3.63) is 36.0 Å². The van der Waals surface area contributed by atoms with Crippen molar-refractivity contribution in [1.29, 1.82) is 0 Å². The molecular weight excluding hydrogens is 210 g/mol. The predicted octanol–water partition coefficient (Wildman–Crippen LogP) is 1.75. The molecule has 0 amide bonds. The minimum absolute atomic E-state index is 0.495. The molecule has 1 fully saturated rings. The number of rotatable bonds is 1. The van der Waals surface area contributed by atoms with Crippen molar-refractivity contribution in [2.45, 2.75) is 6.04 Å². The first-order valence-corrected chi connectivity index (χ1v) is 6.22. The van der Waals surface area contributed by atoms with Crippen molar-refractivity contribution >= 4 is 10.9 Å². The summed E-state index contributed by atoms with van der Waals surface area (Å²) in [5, 5.41) is 4.87. The fraction of sp³-hybridized carbons (Fsp3) is 0.429. The van der Waals surface area contributed by atoms with Crippen LogP contribution in [0.25, 0.3) is 10.9 Å². The average Bonchev–Trinajstić information content (AvgIpc) is 2.72. The fourth-order valence-electron chi connectivity index (χ4n) is 2.77. The van der Waals surface area contributed by atoms with E-state index in [2.05, 4.69) is 59.3 Å². The van der Waals surface area contributed by atoms with Gasteiger partial charge in [-0.25, -0.2) is 0 Å². The van der Waals surface area contributed by atoms with Crippen LogP contribution in [0.1, 0.15) is 11.6 Å². The Kier molecular flexibility index (Phi) is 2.65. The lowest BCUT2D eigenvalue weighted by atomic mass is 10.00. The average molecular weight is 229 g/mol. The first kappa shape index (κ1) is 10.8. The molecule has 0 spiro atoms. The lowest BCUT2D eigenvalue weighted by Gasteiger charge is -2.33. The molecule has 1 N–H and O–H groups in total. The van der Waals surface area contributed by atoms with E-state index in [1.54, 1.807) is 0 Å². The van der Waals surface area contributed by atoms with E-state index in [-0.39, 0.29) is 0 Å². The third kappa shape index (κ3) is 1.75. The second-order valence-corrected chi connectivity index (χ2v) is 4.91. The Morgan fingerprint density at radius 2 is 2.12 bits per heavy atom. The van der Waals surface area contributed by atoms with Gasteiger partial charge in [-0.15, -0.1) is 0 Å². The second kappa shape index (κ2) is 4.17. The van der Waals surface area contributed by atoms with Gasteiger partial charge in [0.1, 0.15) is 0 Å². The number of hydrogen-bond donors (Lipinski definition) is 1. The normalized spacial score (nSPS) is 22.1. The van der Waals surface area contributed by atoms with Crippen LogP contribution in [-0.2, 0) is 7.05 Å². The van der Waals surface area contributed by atoms with Crippen LogP contribution < -0.4 is 5.32 Å². The molecule has 0 radical (unpaired) electrons. The maximum absolute atomic E-state index is 3.49. The molecule has 2 heterocycles. The summed E-state index contributed by atoms with van der Waals surface area (Å²) in [5.41, 5.74) is 2.76. The smallest absolute Gasteiger partial charge is 0.0481 e. The van der Waals surface area contributed by atoms with Crippen molar-refractivity contribution in [1.82, 2.24) is 14.8 Å². The quantitative estimate of drug-likeness (QED) is 0.804. The van der Waals surface area contributed by atoms with Gasteiger partial charge in [0.2, 0.25) is 0 Å². The van der Waals surface area contributed by atoms with Crippen molar-refractivity contribution in [3.63, 3.8) is 0 Å². The highest BCUT2D eigenvalue weighted by molar-refractivity contribution is 5.84. The van der Waals surface area contributed by atoms with Crippen LogP contribution in [0.2, 0.25) is 0 Å². The molecule has 1 aromatic carbocycles. The Morgan fingerprint density at radius 1 is 1.24 bits per heavy atom. The van der Waals surface area contributed by atoms with Gasteiger partial charge >= 0.3 is 0 Å². The van der Waals surface area contributed by atoms with Crippen LogP contribution in [0.5, 0.6) is 0 Å². The van der Waals surface area contributed by atoms with Gasteiger partial charge in [-0.2, -0.15) is 0 Å². The molecule has 90 valence electrons. The Hall–Kier alpha value is -1.32. The van der Waals surface area contributed by atoms with E-state index in [0.29, 0.717) is 6.04 Å². The van der Waals surface area contributed by atoms with Crippen LogP contribution in [0.15, 0.2) is 30.5 Å². The van der Waals surface area contributed by atoms with E-state index in [1.807, 2.05) is 0 Å². The first-order chi connectivity index (χ1) is 8.27. The molecule has 3 rings (SSSR count). The summed E-state index contributed by atoms with van der Waals surface area (Å²) in [4.78, 5) is 2.44. The molecule has 2 aromatic rings. The summed E-state index contributed by atoms with van der Waals surface area (Å²) >= 11 is 0. The van der Waals surface area contributed by atoms with Gasteiger partial charge in [0.25, 0.3) is 0 Å². The molecule has 17 heavy (non-hydrogen) atoms. The Bertz CT molecular complexity index is 529. The maximum atomic E-state index is 3.49. The van der Waals surface area contributed by atoms with Crippen molar-refractivity contribution < 1.29 is 0 Å². The molecule has 0 aliphatic carbocycles. The SMILES string of the molecule is CN1CCNCC1c1cccc2c1ccn2C. The minimum atomic E-state index is 0.495. The van der Waals surface area contributed by atoms with Crippen LogP contribution in [0.4, 0.5) is 0 Å². The van der Waals surface area contributed by atoms with Crippen LogP contribution in [0.3, 0.4) is 0 Å². The topological polar surface area (TPSA) is 20.2 Å². The Morgan fingerprint density at radius 3 is 2.94 bits per heavy atom. The maximum Gasteiger partial charge on any atom is 0.0481 e. The van der Waals surface area contributed by atoms with Gasteiger partial charge in [-0.1, -0.05) is 12.1 Å². The van der Waals surface area contributed by atoms with Gasteiger partial charge in [-0.3, -0.25) is 4.90 Å². The van der Waals surface area contributed by atoms with Gasteiger partial charge < -0.3 is 9.88 Å². The summed E-state index contributed by atoms with van der Waals surface area (Å²) in [7, 11) is 4.32. The molecule has 1 aromatic heterocycles. The van der Waals surface area contributed by atoms with E-state index >= 15 is 0 Å². The highest BCUT2D eigenvalue weighted by Crippen LogP contribution is 2.28. The third-order valence-corrected chi connectivity index (χ3v) is 3.83. The fourth-order valence-corrected chi connectivity index (χ4v) is 2.77. The number of likely N-dealkylation sites (N-methyl/N-ethyl adjacent to an activating group) is 1. The summed E-state index contributed by atoms with van der Waals surface area (Å²) in [6.45, 7) is 3.26. The summed E-state index contributed by atoms with van der Waals surface area (Å²) in [6.07, 6.45) is 2.14. The van der Waals surface area contributed by atoms with E-state index in [0.717, 1.165) is 19.6 Å². The van der Waals surface area contributed by atoms with E-state index < -0.39 is 0 Å². The molecule has 3 heteroatoms. The van der Waals surface area contributed by atoms with E-state index in [1.165, 1.54) is 16.5 Å². The highest BCUT2D eigenvalue weighted by atomic mass is 15.2. The number of fused-ring (bicyclic) bond motifs is 1. The van der Waals surface area contributed by atoms with Gasteiger partial charge in [0.15, 0.2) is 0 Å². The predicted molar refractivity (Wildman–Crippen MR) is 71.2 cm³/mol. The summed E-state index contributed by atoms with van der Waals surface area (Å²) in [6, 6.07) is 9.34. The van der Waals surface area contributed by atoms with Crippen LogP contribution >= 0.6 is 0 Å². The third-order valence-electron chi connectivity index (χ3n) is 3.83. The monoisotopic (exact) mass is 229 g/mol. The van der Waals surface area contributed by atoms with Gasteiger partial charge in [0.05, 0.1) is 0 Å². The molecule has 1 saturated heterocycles. The van der Waals surface area contributed by atoms with Crippen LogP contribution in [-0.4, -0.2) is 36.1 Å². The molecule has 1 unspecified atom stereocenters. The second-order valence-electron chi connectivity index (χ2n) is 4.91. The van der Waals surface area contributed by atoms with E-state index in [4.69, 9.17) is 0 Å².